The molecule has 0 radical (unpaired) electrons. The van der Waals surface area contributed by atoms with Crippen LogP contribution in [0.15, 0.2) is 41.1 Å². The molecule has 0 saturated carbocycles. The number of carbonyl (C=O) groups is 1. The Morgan fingerprint density at radius 1 is 1.31 bits per heavy atom. The quantitative estimate of drug-likeness (QED) is 0.631. The molecule has 2 aromatic heterocycles. The second-order valence-electron chi connectivity index (χ2n) is 6.97. The molecule has 1 unspecified atom stereocenters. The monoisotopic (exact) mass is 417 g/mol. The molecule has 1 fully saturated rings. The minimum Gasteiger partial charge on any atom is -0.341 e. The number of rotatable bonds is 6. The van der Waals surface area contributed by atoms with Gasteiger partial charge < -0.3 is 15.2 Å². The van der Waals surface area contributed by atoms with Gasteiger partial charge in [0.15, 0.2) is 11.5 Å². The maximum atomic E-state index is 12.5. The Labute approximate surface area is 174 Å². The van der Waals surface area contributed by atoms with Gasteiger partial charge in [-0.3, -0.25) is 4.79 Å². The van der Waals surface area contributed by atoms with Crippen molar-refractivity contribution in [2.24, 2.45) is 0 Å². The van der Waals surface area contributed by atoms with E-state index in [0.29, 0.717) is 23.8 Å². The van der Waals surface area contributed by atoms with Crippen molar-refractivity contribution in [1.82, 2.24) is 35.8 Å². The van der Waals surface area contributed by atoms with Crippen molar-refractivity contribution >= 4 is 18.3 Å². The summed E-state index contributed by atoms with van der Waals surface area (Å²) in [6, 6.07) is 9.78. The minimum atomic E-state index is -0.398. The molecule has 1 saturated heterocycles. The predicted octanol–water partition coefficient (Wildman–Crippen LogP) is 2.09. The zero-order chi connectivity index (χ0) is 19.3. The van der Waals surface area contributed by atoms with Crippen LogP contribution in [0.25, 0.3) is 0 Å². The fraction of sp³-hybridized carbons (Fsp3) is 0.421. The molecule has 1 aliphatic heterocycles. The zero-order valence-electron chi connectivity index (χ0n) is 16.1. The fourth-order valence-corrected chi connectivity index (χ4v) is 3.25. The number of benzene rings is 1. The van der Waals surface area contributed by atoms with Crippen molar-refractivity contribution in [3.63, 3.8) is 0 Å². The maximum Gasteiger partial charge on any atom is 0.274 e. The van der Waals surface area contributed by atoms with E-state index < -0.39 is 6.04 Å². The molecular formula is C19H24ClN7O2. The molecule has 29 heavy (non-hydrogen) atoms. The van der Waals surface area contributed by atoms with E-state index in [4.69, 9.17) is 4.52 Å². The molecule has 1 aromatic carbocycles. The summed E-state index contributed by atoms with van der Waals surface area (Å²) in [6.07, 6.45) is 4.22. The van der Waals surface area contributed by atoms with Crippen LogP contribution in [0.3, 0.4) is 0 Å². The zero-order valence-corrected chi connectivity index (χ0v) is 16.9. The molecule has 1 amide bonds. The standard InChI is InChI=1S/C19H23N7O2.ClH/c1-13(18-22-17(28-24-18)11-14-5-3-2-4-6-14)21-19(27)16-12-26(25-23-16)15-7-9-20-10-8-15;/h2-6,12-13,15,20H,7-11H2,1H3,(H,21,27);1H. The lowest BCUT2D eigenvalue weighted by Crippen LogP contribution is -2.29. The first kappa shape index (κ1) is 20.9. The maximum absolute atomic E-state index is 12.5. The predicted molar refractivity (Wildman–Crippen MR) is 108 cm³/mol. The van der Waals surface area contributed by atoms with E-state index in [-0.39, 0.29) is 24.4 Å². The van der Waals surface area contributed by atoms with Crippen LogP contribution in [-0.2, 0) is 6.42 Å². The van der Waals surface area contributed by atoms with Gasteiger partial charge in [0.05, 0.1) is 24.7 Å². The first-order chi connectivity index (χ1) is 13.7. The number of carbonyl (C=O) groups excluding carboxylic acids is 1. The highest BCUT2D eigenvalue weighted by molar-refractivity contribution is 5.92. The van der Waals surface area contributed by atoms with E-state index in [9.17, 15) is 4.79 Å². The van der Waals surface area contributed by atoms with Crippen molar-refractivity contribution < 1.29 is 9.32 Å². The third-order valence-electron chi connectivity index (χ3n) is 4.84. The number of nitrogens with zero attached hydrogens (tertiary/aromatic N) is 5. The van der Waals surface area contributed by atoms with Crippen molar-refractivity contribution in [1.29, 1.82) is 0 Å². The summed E-state index contributed by atoms with van der Waals surface area (Å²) in [5, 5.41) is 18.3. The Morgan fingerprint density at radius 2 is 2.07 bits per heavy atom. The summed E-state index contributed by atoms with van der Waals surface area (Å²) in [4.78, 5) is 16.9. The highest BCUT2D eigenvalue weighted by Crippen LogP contribution is 2.17. The third kappa shape index (κ3) is 5.18. The van der Waals surface area contributed by atoms with Gasteiger partial charge in [-0.15, -0.1) is 17.5 Å². The molecule has 0 aliphatic carbocycles. The van der Waals surface area contributed by atoms with E-state index in [1.165, 1.54) is 0 Å². The molecule has 9 nitrogen and oxygen atoms in total. The Bertz CT molecular complexity index is 922. The van der Waals surface area contributed by atoms with Gasteiger partial charge in [0.2, 0.25) is 5.89 Å². The highest BCUT2D eigenvalue weighted by atomic mass is 35.5. The van der Waals surface area contributed by atoms with Crippen LogP contribution in [0, 0.1) is 0 Å². The number of hydrogen-bond donors (Lipinski definition) is 2. The van der Waals surface area contributed by atoms with Crippen molar-refractivity contribution in [2.45, 2.75) is 38.3 Å². The molecule has 4 rings (SSSR count). The summed E-state index contributed by atoms with van der Waals surface area (Å²) in [6.45, 7) is 3.71. The van der Waals surface area contributed by atoms with Crippen molar-refractivity contribution in [3.05, 3.63) is 59.5 Å². The third-order valence-corrected chi connectivity index (χ3v) is 4.84. The van der Waals surface area contributed by atoms with Crippen LogP contribution in [0.4, 0.5) is 0 Å². The lowest BCUT2D eigenvalue weighted by molar-refractivity contribution is 0.0932. The number of halogens is 1. The van der Waals surface area contributed by atoms with Crippen LogP contribution in [0.1, 0.15) is 59.6 Å². The van der Waals surface area contributed by atoms with Gasteiger partial charge in [-0.05, 0) is 38.4 Å². The van der Waals surface area contributed by atoms with Crippen LogP contribution in [0.5, 0.6) is 0 Å². The number of hydrogen-bond acceptors (Lipinski definition) is 7. The largest absolute Gasteiger partial charge is 0.341 e. The van der Waals surface area contributed by atoms with Crippen LogP contribution < -0.4 is 10.6 Å². The molecule has 1 atom stereocenters. The lowest BCUT2D eigenvalue weighted by Gasteiger charge is -2.22. The normalized spacial score (nSPS) is 15.5. The minimum absolute atomic E-state index is 0. The smallest absolute Gasteiger partial charge is 0.274 e. The topological polar surface area (TPSA) is 111 Å². The van der Waals surface area contributed by atoms with Gasteiger partial charge >= 0.3 is 0 Å². The molecule has 3 heterocycles. The average Bonchev–Trinajstić information content (AvgIpc) is 3.39. The fourth-order valence-electron chi connectivity index (χ4n) is 3.25. The summed E-state index contributed by atoms with van der Waals surface area (Å²) in [7, 11) is 0. The first-order valence-electron chi connectivity index (χ1n) is 9.49. The van der Waals surface area contributed by atoms with Gasteiger partial charge in [-0.1, -0.05) is 40.7 Å². The summed E-state index contributed by atoms with van der Waals surface area (Å²) < 4.78 is 7.09. The molecule has 154 valence electrons. The average molecular weight is 418 g/mol. The van der Waals surface area contributed by atoms with Gasteiger partial charge in [-0.25, -0.2) is 4.68 Å². The van der Waals surface area contributed by atoms with E-state index in [0.717, 1.165) is 31.5 Å². The molecule has 3 aromatic rings. The number of nitrogens with one attached hydrogen (secondary N) is 2. The molecule has 0 spiro atoms. The highest BCUT2D eigenvalue weighted by Gasteiger charge is 2.21. The van der Waals surface area contributed by atoms with Gasteiger partial charge in [-0.2, -0.15) is 4.98 Å². The molecule has 1 aliphatic rings. The number of piperidine rings is 1. The van der Waals surface area contributed by atoms with Gasteiger partial charge in [0, 0.05) is 0 Å². The Kier molecular flexibility index (Phi) is 6.95. The van der Waals surface area contributed by atoms with Crippen LogP contribution in [-0.4, -0.2) is 44.1 Å². The van der Waals surface area contributed by atoms with E-state index >= 15 is 0 Å². The molecule has 2 N–H and O–H groups in total. The molecular weight excluding hydrogens is 394 g/mol. The summed E-state index contributed by atoms with van der Waals surface area (Å²) in [5.74, 6) is 0.645. The molecule has 10 heteroatoms. The molecule has 0 bridgehead atoms. The van der Waals surface area contributed by atoms with E-state index in [1.807, 2.05) is 37.3 Å². The number of aromatic nitrogens is 5. The van der Waals surface area contributed by atoms with Crippen LogP contribution >= 0.6 is 12.4 Å². The van der Waals surface area contributed by atoms with Crippen molar-refractivity contribution in [3.8, 4) is 0 Å². The first-order valence-corrected chi connectivity index (χ1v) is 9.49. The SMILES string of the molecule is CC(NC(=O)c1cn(C2CCNCC2)nn1)c1noc(Cc2ccccc2)n1.Cl. The van der Waals surface area contributed by atoms with Gasteiger partial charge in [0.1, 0.15) is 0 Å². The Morgan fingerprint density at radius 3 is 2.83 bits per heavy atom. The summed E-state index contributed by atoms with van der Waals surface area (Å²) >= 11 is 0. The summed E-state index contributed by atoms with van der Waals surface area (Å²) in [5.41, 5.74) is 1.38. The second-order valence-corrected chi connectivity index (χ2v) is 6.97. The number of amides is 1. The lowest BCUT2D eigenvalue weighted by atomic mass is 10.1. The Balaban J connectivity index is 0.00000240. The second kappa shape index (κ2) is 9.62. The van der Waals surface area contributed by atoms with E-state index in [1.54, 1.807) is 10.9 Å². The van der Waals surface area contributed by atoms with Crippen molar-refractivity contribution in [2.75, 3.05) is 13.1 Å². The van der Waals surface area contributed by atoms with Gasteiger partial charge in [0.25, 0.3) is 5.91 Å². The Hall–Kier alpha value is -2.78. The van der Waals surface area contributed by atoms with Crippen LogP contribution in [0.2, 0.25) is 0 Å². The van der Waals surface area contributed by atoms with E-state index in [2.05, 4.69) is 31.1 Å².